The number of aryl methyl sites for hydroxylation is 2. The van der Waals surface area contributed by atoms with Crippen LogP contribution in [0.15, 0.2) is 6.07 Å². The second kappa shape index (κ2) is 7.33. The number of alkyl halides is 1. The molecule has 0 bridgehead atoms. The molecule has 0 amide bonds. The number of rotatable bonds is 6. The lowest BCUT2D eigenvalue weighted by Gasteiger charge is -2.26. The van der Waals surface area contributed by atoms with Crippen LogP contribution in [-0.2, 0) is 0 Å². The van der Waals surface area contributed by atoms with Crippen LogP contribution >= 0.6 is 11.6 Å². The van der Waals surface area contributed by atoms with E-state index >= 15 is 0 Å². The van der Waals surface area contributed by atoms with Crippen molar-refractivity contribution in [3.05, 3.63) is 33.9 Å². The van der Waals surface area contributed by atoms with Gasteiger partial charge in [0.15, 0.2) is 0 Å². The van der Waals surface area contributed by atoms with Crippen LogP contribution in [0.25, 0.3) is 0 Å². The van der Waals surface area contributed by atoms with Gasteiger partial charge in [0, 0.05) is 0 Å². The first kappa shape index (κ1) is 16.6. The Kier molecular flexibility index (Phi) is 6.39. The van der Waals surface area contributed by atoms with Crippen molar-refractivity contribution in [2.24, 2.45) is 5.92 Å². The highest BCUT2D eigenvalue weighted by Gasteiger charge is 2.23. The van der Waals surface area contributed by atoms with Crippen molar-refractivity contribution >= 4 is 11.6 Å². The van der Waals surface area contributed by atoms with Crippen LogP contribution < -0.4 is 0 Å². The molecule has 0 heterocycles. The standard InChI is InChI=1S/C18H29Cl/c1-7-9-10-16(8-2)18(19)17-14(5)12(3)11-13(4)15(17)6/h11,16,18H,7-10H2,1-6H3. The van der Waals surface area contributed by atoms with Gasteiger partial charge in [-0.3, -0.25) is 0 Å². The van der Waals surface area contributed by atoms with Gasteiger partial charge in [0.2, 0.25) is 0 Å². The summed E-state index contributed by atoms with van der Waals surface area (Å²) in [5.41, 5.74) is 6.90. The summed E-state index contributed by atoms with van der Waals surface area (Å²) < 4.78 is 0. The van der Waals surface area contributed by atoms with Gasteiger partial charge in [-0.2, -0.15) is 0 Å². The fourth-order valence-corrected chi connectivity index (χ4v) is 3.55. The summed E-state index contributed by atoms with van der Waals surface area (Å²) in [6, 6.07) is 2.28. The second-order valence-electron chi connectivity index (χ2n) is 5.89. The van der Waals surface area contributed by atoms with Crippen molar-refractivity contribution in [3.63, 3.8) is 0 Å². The SMILES string of the molecule is CCCCC(CC)C(Cl)c1c(C)c(C)cc(C)c1C. The molecule has 0 aromatic heterocycles. The molecular formula is C18H29Cl. The van der Waals surface area contributed by atoms with Gasteiger partial charge in [-0.1, -0.05) is 39.2 Å². The molecule has 0 aliphatic heterocycles. The van der Waals surface area contributed by atoms with Gasteiger partial charge in [0.1, 0.15) is 0 Å². The van der Waals surface area contributed by atoms with Crippen LogP contribution in [0.3, 0.4) is 0 Å². The van der Waals surface area contributed by atoms with E-state index in [2.05, 4.69) is 47.6 Å². The van der Waals surface area contributed by atoms with E-state index in [-0.39, 0.29) is 5.38 Å². The summed E-state index contributed by atoms with van der Waals surface area (Å²) in [7, 11) is 0. The van der Waals surface area contributed by atoms with Crippen molar-refractivity contribution in [2.45, 2.75) is 72.6 Å². The Morgan fingerprint density at radius 1 is 1.00 bits per heavy atom. The summed E-state index contributed by atoms with van der Waals surface area (Å²) >= 11 is 6.86. The zero-order chi connectivity index (χ0) is 14.6. The molecule has 2 unspecified atom stereocenters. The van der Waals surface area contributed by atoms with Crippen LogP contribution in [0, 0.1) is 33.6 Å². The van der Waals surface area contributed by atoms with E-state index in [0.29, 0.717) is 5.92 Å². The maximum atomic E-state index is 6.86. The Hall–Kier alpha value is -0.490. The van der Waals surface area contributed by atoms with Crippen molar-refractivity contribution in [1.82, 2.24) is 0 Å². The van der Waals surface area contributed by atoms with Crippen LogP contribution in [0.2, 0.25) is 0 Å². The number of benzene rings is 1. The Bertz CT molecular complexity index is 394. The van der Waals surface area contributed by atoms with Crippen LogP contribution in [-0.4, -0.2) is 0 Å². The predicted molar refractivity (Wildman–Crippen MR) is 87.3 cm³/mol. The molecule has 1 rings (SSSR count). The molecule has 0 radical (unpaired) electrons. The van der Waals surface area contributed by atoms with Gasteiger partial charge in [-0.15, -0.1) is 11.6 Å². The highest BCUT2D eigenvalue weighted by Crippen LogP contribution is 2.39. The quantitative estimate of drug-likeness (QED) is 0.528. The van der Waals surface area contributed by atoms with Crippen LogP contribution in [0.1, 0.15) is 72.7 Å². The Morgan fingerprint density at radius 2 is 1.53 bits per heavy atom. The van der Waals surface area contributed by atoms with Gasteiger partial charge in [-0.25, -0.2) is 0 Å². The molecule has 0 nitrogen and oxygen atoms in total. The molecule has 1 aromatic rings. The van der Waals surface area contributed by atoms with Crippen molar-refractivity contribution in [1.29, 1.82) is 0 Å². The molecule has 108 valence electrons. The van der Waals surface area contributed by atoms with Crippen molar-refractivity contribution in [2.75, 3.05) is 0 Å². The number of unbranched alkanes of at least 4 members (excludes halogenated alkanes) is 1. The predicted octanol–water partition coefficient (Wildman–Crippen LogP) is 6.42. The summed E-state index contributed by atoms with van der Waals surface area (Å²) in [5, 5.41) is 0.162. The van der Waals surface area contributed by atoms with Crippen molar-refractivity contribution < 1.29 is 0 Å². The van der Waals surface area contributed by atoms with E-state index in [1.54, 1.807) is 0 Å². The molecular weight excluding hydrogens is 252 g/mol. The molecule has 0 N–H and O–H groups in total. The minimum atomic E-state index is 0.162. The third-order valence-electron chi connectivity index (χ3n) is 4.57. The first-order valence-electron chi connectivity index (χ1n) is 7.65. The normalized spacial score (nSPS) is 14.5. The van der Waals surface area contributed by atoms with Gasteiger partial charge in [0.25, 0.3) is 0 Å². The van der Waals surface area contributed by atoms with E-state index in [4.69, 9.17) is 11.6 Å². The molecule has 1 heteroatoms. The molecule has 0 saturated heterocycles. The Morgan fingerprint density at radius 3 is 1.95 bits per heavy atom. The monoisotopic (exact) mass is 280 g/mol. The van der Waals surface area contributed by atoms with Gasteiger partial charge < -0.3 is 0 Å². The van der Waals surface area contributed by atoms with E-state index < -0.39 is 0 Å². The summed E-state index contributed by atoms with van der Waals surface area (Å²) in [6.45, 7) is 13.4. The summed E-state index contributed by atoms with van der Waals surface area (Å²) in [5.74, 6) is 0.597. The zero-order valence-corrected chi connectivity index (χ0v) is 14.2. The smallest absolute Gasteiger partial charge is 0.0618 e. The minimum Gasteiger partial charge on any atom is -0.118 e. The van der Waals surface area contributed by atoms with Gasteiger partial charge in [0.05, 0.1) is 5.38 Å². The largest absolute Gasteiger partial charge is 0.118 e. The lowest BCUT2D eigenvalue weighted by atomic mass is 9.84. The Labute approximate surface area is 124 Å². The van der Waals surface area contributed by atoms with Gasteiger partial charge in [-0.05, 0) is 67.9 Å². The maximum Gasteiger partial charge on any atom is 0.0618 e. The van der Waals surface area contributed by atoms with Gasteiger partial charge >= 0.3 is 0 Å². The number of hydrogen-bond acceptors (Lipinski definition) is 0. The highest BCUT2D eigenvalue weighted by molar-refractivity contribution is 6.21. The number of halogens is 1. The van der Waals surface area contributed by atoms with E-state index in [9.17, 15) is 0 Å². The average Bonchev–Trinajstić information content (AvgIpc) is 2.37. The highest BCUT2D eigenvalue weighted by atomic mass is 35.5. The van der Waals surface area contributed by atoms with E-state index in [1.807, 2.05) is 0 Å². The lowest BCUT2D eigenvalue weighted by Crippen LogP contribution is -2.11. The lowest BCUT2D eigenvalue weighted by molar-refractivity contribution is 0.435. The molecule has 0 aliphatic rings. The molecule has 0 saturated carbocycles. The fraction of sp³-hybridized carbons (Fsp3) is 0.667. The molecule has 0 fully saturated rings. The summed E-state index contributed by atoms with van der Waals surface area (Å²) in [6.07, 6.45) is 4.95. The van der Waals surface area contributed by atoms with Crippen LogP contribution in [0.5, 0.6) is 0 Å². The summed E-state index contributed by atoms with van der Waals surface area (Å²) in [4.78, 5) is 0. The van der Waals surface area contributed by atoms with Crippen LogP contribution in [0.4, 0.5) is 0 Å². The van der Waals surface area contributed by atoms with E-state index in [1.165, 1.54) is 53.5 Å². The third-order valence-corrected chi connectivity index (χ3v) is 5.14. The number of hydrogen-bond donors (Lipinski definition) is 0. The first-order valence-corrected chi connectivity index (χ1v) is 8.08. The second-order valence-corrected chi connectivity index (χ2v) is 6.36. The molecule has 19 heavy (non-hydrogen) atoms. The Balaban J connectivity index is 3.13. The average molecular weight is 281 g/mol. The minimum absolute atomic E-state index is 0.162. The molecule has 0 aliphatic carbocycles. The van der Waals surface area contributed by atoms with E-state index in [0.717, 1.165) is 0 Å². The fourth-order valence-electron chi connectivity index (χ4n) is 2.92. The topological polar surface area (TPSA) is 0 Å². The molecule has 2 atom stereocenters. The third kappa shape index (κ3) is 3.75. The first-order chi connectivity index (χ1) is 8.93. The van der Waals surface area contributed by atoms with Crippen molar-refractivity contribution in [3.8, 4) is 0 Å². The molecule has 0 spiro atoms. The molecule has 1 aromatic carbocycles. The maximum absolute atomic E-state index is 6.86. The zero-order valence-electron chi connectivity index (χ0n) is 13.4.